The third kappa shape index (κ3) is 6.01. The van der Waals surface area contributed by atoms with Crippen LogP contribution in [0.5, 0.6) is 0 Å². The monoisotopic (exact) mass is 581 g/mol. The second-order valence-electron chi connectivity index (χ2n) is 9.11. The van der Waals surface area contributed by atoms with E-state index in [1.807, 2.05) is 0 Å². The summed E-state index contributed by atoms with van der Waals surface area (Å²) in [7, 11) is -2.65. The number of carbonyl (C=O) groups is 4. The number of sulfonamides is 1. The van der Waals surface area contributed by atoms with Gasteiger partial charge in [-0.3, -0.25) is 19.2 Å². The van der Waals surface area contributed by atoms with Crippen molar-refractivity contribution in [2.75, 3.05) is 44.7 Å². The fraction of sp³-hybridized carbons (Fsp3) is 0.417. The van der Waals surface area contributed by atoms with Crippen LogP contribution in [-0.4, -0.2) is 87.7 Å². The van der Waals surface area contributed by atoms with Gasteiger partial charge in [0.25, 0.3) is 5.91 Å². The quantitative estimate of drug-likeness (QED) is 0.481. The molecule has 2 aliphatic rings. The molecule has 2 aliphatic heterocycles. The Bertz CT molecular complexity index is 1380. The van der Waals surface area contributed by atoms with Gasteiger partial charge >= 0.3 is 0 Å². The number of thiophene rings is 1. The zero-order valence-electron chi connectivity index (χ0n) is 20.9. The molecule has 204 valence electrons. The number of likely N-dealkylation sites (N-methyl/N-ethyl adjacent to an activating group) is 1. The van der Waals surface area contributed by atoms with Crippen molar-refractivity contribution in [3.8, 4) is 0 Å². The molecule has 2 N–H and O–H groups in total. The molecule has 0 spiro atoms. The van der Waals surface area contributed by atoms with Gasteiger partial charge in [-0.2, -0.15) is 4.72 Å². The molecule has 3 heterocycles. The molecule has 2 saturated heterocycles. The van der Waals surface area contributed by atoms with Gasteiger partial charge in [0, 0.05) is 45.3 Å². The van der Waals surface area contributed by atoms with Crippen LogP contribution in [-0.2, 0) is 24.4 Å². The average molecular weight is 582 g/mol. The van der Waals surface area contributed by atoms with Gasteiger partial charge in [0.05, 0.1) is 20.7 Å². The predicted molar refractivity (Wildman–Crippen MR) is 143 cm³/mol. The molecular weight excluding hydrogens is 554 g/mol. The molecule has 0 bridgehead atoms. The summed E-state index contributed by atoms with van der Waals surface area (Å²) in [5.41, 5.74) is 0.860. The molecule has 4 amide bonds. The lowest BCUT2D eigenvalue weighted by molar-refractivity contribution is -0.145. The number of carbonyl (C=O) groups excluding carboxylic acids is 4. The van der Waals surface area contributed by atoms with Crippen molar-refractivity contribution in [1.29, 1.82) is 0 Å². The Kier molecular flexibility index (Phi) is 8.40. The van der Waals surface area contributed by atoms with Crippen molar-refractivity contribution in [3.05, 3.63) is 45.1 Å². The topological polar surface area (TPSA) is 136 Å². The fourth-order valence-electron chi connectivity index (χ4n) is 4.40. The highest BCUT2D eigenvalue weighted by Gasteiger charge is 2.34. The summed E-state index contributed by atoms with van der Waals surface area (Å²) < 4.78 is 29.9. The predicted octanol–water partition coefficient (Wildman–Crippen LogP) is 1.21. The number of hydrogen-bond acceptors (Lipinski definition) is 7. The van der Waals surface area contributed by atoms with E-state index < -0.39 is 27.9 Å². The molecule has 11 nitrogen and oxygen atoms in total. The van der Waals surface area contributed by atoms with E-state index in [1.165, 1.54) is 21.9 Å². The van der Waals surface area contributed by atoms with Gasteiger partial charge in [0.15, 0.2) is 0 Å². The summed E-state index contributed by atoms with van der Waals surface area (Å²) in [5.74, 6) is -1.51. The van der Waals surface area contributed by atoms with Gasteiger partial charge in [-0.1, -0.05) is 17.7 Å². The first kappa shape index (κ1) is 28.0. The molecule has 38 heavy (non-hydrogen) atoms. The van der Waals surface area contributed by atoms with E-state index >= 15 is 0 Å². The summed E-state index contributed by atoms with van der Waals surface area (Å²) in [6, 6.07) is 6.32. The second kappa shape index (κ2) is 11.4. The van der Waals surface area contributed by atoms with Crippen LogP contribution in [0.1, 0.15) is 28.1 Å². The van der Waals surface area contributed by atoms with E-state index in [0.29, 0.717) is 46.4 Å². The Hall–Kier alpha value is -3.00. The van der Waals surface area contributed by atoms with Crippen molar-refractivity contribution >= 4 is 62.3 Å². The molecule has 0 radical (unpaired) electrons. The normalized spacial score (nSPS) is 17.2. The number of benzene rings is 1. The van der Waals surface area contributed by atoms with E-state index in [4.69, 9.17) is 11.6 Å². The molecule has 2 fully saturated rings. The van der Waals surface area contributed by atoms with Crippen LogP contribution in [0.2, 0.25) is 4.34 Å². The number of halogens is 1. The van der Waals surface area contributed by atoms with Crippen molar-refractivity contribution in [3.63, 3.8) is 0 Å². The van der Waals surface area contributed by atoms with Crippen molar-refractivity contribution in [2.24, 2.45) is 0 Å². The van der Waals surface area contributed by atoms with Crippen LogP contribution in [0, 0.1) is 6.92 Å². The van der Waals surface area contributed by atoms with E-state index in [0.717, 1.165) is 11.3 Å². The van der Waals surface area contributed by atoms with Crippen LogP contribution in [0.3, 0.4) is 0 Å². The molecule has 2 aromatic rings. The van der Waals surface area contributed by atoms with Gasteiger partial charge in [-0.25, -0.2) is 8.42 Å². The van der Waals surface area contributed by atoms with Gasteiger partial charge in [-0.05, 0) is 43.2 Å². The highest BCUT2D eigenvalue weighted by atomic mass is 35.5. The molecule has 1 aromatic carbocycles. The van der Waals surface area contributed by atoms with Crippen LogP contribution in [0.25, 0.3) is 0 Å². The number of rotatable bonds is 8. The first-order valence-corrected chi connectivity index (χ1v) is 14.6. The number of piperazine rings is 1. The molecule has 1 atom stereocenters. The minimum Gasteiger partial charge on any atom is -0.349 e. The molecular formula is C24H28ClN5O6S2. The van der Waals surface area contributed by atoms with Crippen molar-refractivity contribution in [2.45, 2.75) is 30.7 Å². The highest BCUT2D eigenvalue weighted by Crippen LogP contribution is 2.29. The maximum Gasteiger partial charge on any atom is 0.261 e. The number of hydrogen-bond donors (Lipinski definition) is 2. The van der Waals surface area contributed by atoms with Crippen molar-refractivity contribution in [1.82, 2.24) is 19.8 Å². The summed E-state index contributed by atoms with van der Waals surface area (Å²) in [6.07, 6.45) is 1.08. The van der Waals surface area contributed by atoms with Crippen LogP contribution in [0.4, 0.5) is 5.69 Å². The van der Waals surface area contributed by atoms with Crippen LogP contribution >= 0.6 is 22.9 Å². The molecule has 14 heteroatoms. The number of nitrogens with zero attached hydrogens (tertiary/aromatic N) is 3. The average Bonchev–Trinajstić information content (AvgIpc) is 3.50. The largest absolute Gasteiger partial charge is 0.349 e. The molecule has 1 aromatic heterocycles. The third-order valence-electron chi connectivity index (χ3n) is 6.54. The van der Waals surface area contributed by atoms with Crippen LogP contribution < -0.4 is 14.9 Å². The second-order valence-corrected chi connectivity index (χ2v) is 12.5. The lowest BCUT2D eigenvalue weighted by Crippen LogP contribution is -2.58. The Morgan fingerprint density at radius 3 is 2.50 bits per heavy atom. The van der Waals surface area contributed by atoms with E-state index in [-0.39, 0.29) is 36.3 Å². The summed E-state index contributed by atoms with van der Waals surface area (Å²) in [4.78, 5) is 55.0. The van der Waals surface area contributed by atoms with Crippen molar-refractivity contribution < 1.29 is 27.6 Å². The van der Waals surface area contributed by atoms with Gasteiger partial charge in [0.2, 0.25) is 27.7 Å². The maximum atomic E-state index is 13.5. The Balaban J connectivity index is 1.59. The minimum atomic E-state index is -4.28. The lowest BCUT2D eigenvalue weighted by Gasteiger charge is -2.34. The fourth-order valence-corrected chi connectivity index (χ4v) is 6.82. The van der Waals surface area contributed by atoms with E-state index in [1.54, 1.807) is 37.1 Å². The summed E-state index contributed by atoms with van der Waals surface area (Å²) in [6.45, 7) is 2.07. The lowest BCUT2D eigenvalue weighted by atomic mass is 10.2. The minimum absolute atomic E-state index is 0.0835. The summed E-state index contributed by atoms with van der Waals surface area (Å²) in [5, 5.41) is 2.59. The molecule has 0 unspecified atom stereocenters. The van der Waals surface area contributed by atoms with Gasteiger partial charge in [0.1, 0.15) is 6.04 Å². The highest BCUT2D eigenvalue weighted by molar-refractivity contribution is 7.89. The summed E-state index contributed by atoms with van der Waals surface area (Å²) >= 11 is 6.96. The first-order valence-electron chi connectivity index (χ1n) is 12.0. The van der Waals surface area contributed by atoms with Crippen LogP contribution in [0.15, 0.2) is 35.2 Å². The number of nitrogens with one attached hydrogen (secondary N) is 2. The SMILES string of the molecule is Cc1c(N2CCCC2=O)cccc1S(=O)(=O)N[C@@H](CNC(=O)c1ccc(Cl)s1)C(=O)N1CCN(C)C(=O)C1. The van der Waals surface area contributed by atoms with Gasteiger partial charge in [-0.15, -0.1) is 11.3 Å². The Morgan fingerprint density at radius 2 is 1.87 bits per heavy atom. The Labute approximate surface area is 229 Å². The standard InChI is InChI=1S/C24H28ClN5O6S2/c1-15-17(30-10-4-7-21(30)31)5-3-6-19(15)38(35,36)27-16(13-26-23(33)18-8-9-20(25)37-18)24(34)29-12-11-28(2)22(32)14-29/h3,5-6,8-9,16,27H,4,7,10-14H2,1-2H3,(H,26,33)/t16-/m0/s1. The number of amides is 4. The zero-order valence-corrected chi connectivity index (χ0v) is 23.3. The Morgan fingerprint density at radius 1 is 1.11 bits per heavy atom. The van der Waals surface area contributed by atoms with E-state index in [9.17, 15) is 27.6 Å². The maximum absolute atomic E-state index is 13.5. The first-order chi connectivity index (χ1) is 18.0. The molecule has 0 aliphatic carbocycles. The molecule has 4 rings (SSSR count). The van der Waals surface area contributed by atoms with E-state index in [2.05, 4.69) is 10.0 Å². The zero-order chi connectivity index (χ0) is 27.6. The number of anilines is 1. The smallest absolute Gasteiger partial charge is 0.261 e. The third-order valence-corrected chi connectivity index (χ3v) is 9.38. The van der Waals surface area contributed by atoms with Gasteiger partial charge < -0.3 is 20.0 Å². The molecule has 0 saturated carbocycles.